The van der Waals surface area contributed by atoms with Gasteiger partial charge in [-0.25, -0.2) is 9.78 Å². The highest BCUT2D eigenvalue weighted by Crippen LogP contribution is 2.36. The lowest BCUT2D eigenvalue weighted by Gasteiger charge is -2.10. The molecule has 0 unspecified atom stereocenters. The van der Waals surface area contributed by atoms with E-state index in [9.17, 15) is 9.90 Å². The smallest absolute Gasteiger partial charge is 0.414 e. The zero-order valence-electron chi connectivity index (χ0n) is 12.1. The Morgan fingerprint density at radius 1 is 1.23 bits per heavy atom. The molecule has 0 aliphatic heterocycles. The summed E-state index contributed by atoms with van der Waals surface area (Å²) in [5.41, 5.74) is 1.42. The maximum atomic E-state index is 11.6. The average molecular weight is 314 g/mol. The highest BCUT2D eigenvalue weighted by Gasteiger charge is 2.12. The van der Waals surface area contributed by atoms with Crippen LogP contribution in [0.4, 0.5) is 4.79 Å². The summed E-state index contributed by atoms with van der Waals surface area (Å²) in [6, 6.07) is 12.4. The number of para-hydroxylation sites is 1. The molecule has 112 valence electrons. The van der Waals surface area contributed by atoms with Crippen LogP contribution in [0.5, 0.6) is 11.5 Å². The van der Waals surface area contributed by atoms with Crippen molar-refractivity contribution in [3.05, 3.63) is 42.5 Å². The van der Waals surface area contributed by atoms with E-state index in [0.717, 1.165) is 15.2 Å². The molecule has 1 aromatic heterocycles. The largest absolute Gasteiger partial charge is 0.507 e. The molecule has 22 heavy (non-hydrogen) atoms. The van der Waals surface area contributed by atoms with Crippen LogP contribution in [0.1, 0.15) is 0 Å². The third-order valence-corrected chi connectivity index (χ3v) is 4.13. The second-order valence-electron chi connectivity index (χ2n) is 4.93. The van der Waals surface area contributed by atoms with Crippen molar-refractivity contribution >= 4 is 27.6 Å². The minimum Gasteiger partial charge on any atom is -0.507 e. The molecule has 5 nitrogen and oxygen atoms in total. The van der Waals surface area contributed by atoms with Gasteiger partial charge < -0.3 is 14.7 Å². The number of aromatic hydroxyl groups is 1. The van der Waals surface area contributed by atoms with Crippen molar-refractivity contribution in [1.29, 1.82) is 0 Å². The van der Waals surface area contributed by atoms with E-state index >= 15 is 0 Å². The Morgan fingerprint density at radius 2 is 2.00 bits per heavy atom. The van der Waals surface area contributed by atoms with Crippen molar-refractivity contribution in [2.24, 2.45) is 0 Å². The van der Waals surface area contributed by atoms with Gasteiger partial charge in [-0.2, -0.15) is 0 Å². The Kier molecular flexibility index (Phi) is 3.68. The van der Waals surface area contributed by atoms with E-state index in [4.69, 9.17) is 4.74 Å². The van der Waals surface area contributed by atoms with E-state index in [1.165, 1.54) is 16.2 Å². The highest BCUT2D eigenvalue weighted by molar-refractivity contribution is 7.21. The van der Waals surface area contributed by atoms with Crippen LogP contribution in [-0.4, -0.2) is 35.2 Å². The molecule has 1 heterocycles. The minimum absolute atomic E-state index is 0.195. The van der Waals surface area contributed by atoms with E-state index in [1.54, 1.807) is 38.4 Å². The first kappa shape index (κ1) is 14.3. The highest BCUT2D eigenvalue weighted by atomic mass is 32.1. The van der Waals surface area contributed by atoms with E-state index < -0.39 is 6.09 Å². The number of phenols is 1. The predicted molar refractivity (Wildman–Crippen MR) is 86.4 cm³/mol. The van der Waals surface area contributed by atoms with Crippen LogP contribution in [-0.2, 0) is 0 Å². The monoisotopic (exact) mass is 314 g/mol. The molecule has 0 aliphatic rings. The van der Waals surface area contributed by atoms with Gasteiger partial charge in [0.25, 0.3) is 0 Å². The SMILES string of the molecule is CN(C)C(=O)Oc1ccc2sc(-c3ccccc3O)nc2c1. The lowest BCUT2D eigenvalue weighted by atomic mass is 10.2. The topological polar surface area (TPSA) is 62.7 Å². The summed E-state index contributed by atoms with van der Waals surface area (Å²) in [6.45, 7) is 0. The second-order valence-corrected chi connectivity index (χ2v) is 5.96. The summed E-state index contributed by atoms with van der Waals surface area (Å²) < 4.78 is 6.19. The number of amides is 1. The van der Waals surface area contributed by atoms with Gasteiger partial charge in [0.1, 0.15) is 16.5 Å². The molecule has 2 aromatic carbocycles. The second kappa shape index (κ2) is 5.65. The van der Waals surface area contributed by atoms with Gasteiger partial charge in [-0.1, -0.05) is 12.1 Å². The Labute approximate surface area is 131 Å². The first-order chi connectivity index (χ1) is 10.5. The fourth-order valence-electron chi connectivity index (χ4n) is 1.93. The fraction of sp³-hybridized carbons (Fsp3) is 0.125. The molecule has 0 fully saturated rings. The van der Waals surface area contributed by atoms with Crippen LogP contribution >= 0.6 is 11.3 Å². The Morgan fingerprint density at radius 3 is 2.73 bits per heavy atom. The fourth-order valence-corrected chi connectivity index (χ4v) is 2.91. The number of hydrogen-bond acceptors (Lipinski definition) is 5. The van der Waals surface area contributed by atoms with Crippen LogP contribution in [0.2, 0.25) is 0 Å². The first-order valence-corrected chi connectivity index (χ1v) is 7.44. The van der Waals surface area contributed by atoms with Crippen molar-refractivity contribution in [3.63, 3.8) is 0 Å². The Balaban J connectivity index is 1.97. The molecule has 6 heteroatoms. The molecule has 1 amide bonds. The predicted octanol–water partition coefficient (Wildman–Crippen LogP) is 3.73. The van der Waals surface area contributed by atoms with Crippen LogP contribution in [0.25, 0.3) is 20.8 Å². The number of carbonyl (C=O) groups excluding carboxylic acids is 1. The van der Waals surface area contributed by atoms with Gasteiger partial charge >= 0.3 is 6.09 Å². The molecule has 0 radical (unpaired) electrons. The zero-order chi connectivity index (χ0) is 15.7. The van der Waals surface area contributed by atoms with Crippen LogP contribution < -0.4 is 4.74 Å². The number of thiazole rings is 1. The van der Waals surface area contributed by atoms with E-state index in [1.807, 2.05) is 18.2 Å². The van der Waals surface area contributed by atoms with Gasteiger partial charge in [0, 0.05) is 20.2 Å². The quantitative estimate of drug-likeness (QED) is 0.783. The van der Waals surface area contributed by atoms with Crippen molar-refractivity contribution in [3.8, 4) is 22.1 Å². The van der Waals surface area contributed by atoms with Crippen molar-refractivity contribution in [1.82, 2.24) is 9.88 Å². The lowest BCUT2D eigenvalue weighted by Crippen LogP contribution is -2.25. The summed E-state index contributed by atoms with van der Waals surface area (Å²) in [4.78, 5) is 17.4. The molecule has 0 atom stereocenters. The standard InChI is InChI=1S/C16H14N2O3S/c1-18(2)16(20)21-10-7-8-14-12(9-10)17-15(22-14)11-5-3-4-6-13(11)19/h3-9,19H,1-2H3. The third kappa shape index (κ3) is 2.73. The molecule has 0 bridgehead atoms. The molecular weight excluding hydrogens is 300 g/mol. The van der Waals surface area contributed by atoms with E-state index in [2.05, 4.69) is 4.98 Å². The maximum Gasteiger partial charge on any atom is 0.414 e. The number of rotatable bonds is 2. The maximum absolute atomic E-state index is 11.6. The molecule has 0 aliphatic carbocycles. The molecule has 0 saturated heterocycles. The number of ether oxygens (including phenoxy) is 1. The van der Waals surface area contributed by atoms with Crippen LogP contribution in [0.3, 0.4) is 0 Å². The number of carbonyl (C=O) groups is 1. The first-order valence-electron chi connectivity index (χ1n) is 6.62. The summed E-state index contributed by atoms with van der Waals surface area (Å²) in [7, 11) is 3.25. The molecular formula is C16H14N2O3S. The van der Waals surface area contributed by atoms with Gasteiger partial charge in [0.15, 0.2) is 0 Å². The van der Waals surface area contributed by atoms with E-state index in [-0.39, 0.29) is 5.75 Å². The average Bonchev–Trinajstić information content (AvgIpc) is 2.90. The number of phenolic OH excluding ortho intramolecular Hbond substituents is 1. The Bertz CT molecular complexity index is 842. The molecule has 0 saturated carbocycles. The number of nitrogens with zero attached hydrogens (tertiary/aromatic N) is 2. The number of benzene rings is 2. The Hall–Kier alpha value is -2.60. The van der Waals surface area contributed by atoms with Gasteiger partial charge in [-0.3, -0.25) is 0 Å². The summed E-state index contributed by atoms with van der Waals surface area (Å²) >= 11 is 1.48. The van der Waals surface area contributed by atoms with Crippen molar-refractivity contribution in [2.75, 3.05) is 14.1 Å². The van der Waals surface area contributed by atoms with Crippen LogP contribution in [0.15, 0.2) is 42.5 Å². The molecule has 1 N–H and O–H groups in total. The molecule has 3 aromatic rings. The van der Waals surface area contributed by atoms with Crippen LogP contribution in [0, 0.1) is 0 Å². The van der Waals surface area contributed by atoms with Gasteiger partial charge in [-0.15, -0.1) is 11.3 Å². The van der Waals surface area contributed by atoms with Crippen molar-refractivity contribution < 1.29 is 14.6 Å². The summed E-state index contributed by atoms with van der Waals surface area (Å²) in [5, 5.41) is 10.6. The van der Waals surface area contributed by atoms with Crippen molar-refractivity contribution in [2.45, 2.75) is 0 Å². The van der Waals surface area contributed by atoms with Gasteiger partial charge in [0.2, 0.25) is 0 Å². The van der Waals surface area contributed by atoms with Gasteiger partial charge in [-0.05, 0) is 24.3 Å². The number of aromatic nitrogens is 1. The summed E-state index contributed by atoms with van der Waals surface area (Å²) in [5.74, 6) is 0.640. The minimum atomic E-state index is -0.435. The number of hydrogen-bond donors (Lipinski definition) is 1. The third-order valence-electron chi connectivity index (χ3n) is 3.06. The van der Waals surface area contributed by atoms with E-state index in [0.29, 0.717) is 11.3 Å². The lowest BCUT2D eigenvalue weighted by molar-refractivity contribution is 0.172. The normalized spacial score (nSPS) is 10.6. The summed E-state index contributed by atoms with van der Waals surface area (Å²) in [6.07, 6.45) is -0.435. The molecule has 3 rings (SSSR count). The molecule has 0 spiro atoms. The number of fused-ring (bicyclic) bond motifs is 1. The zero-order valence-corrected chi connectivity index (χ0v) is 12.9. The van der Waals surface area contributed by atoms with Gasteiger partial charge in [0.05, 0.1) is 15.8 Å².